The molecule has 0 bridgehead atoms. The molecule has 12 heteroatoms. The summed E-state index contributed by atoms with van der Waals surface area (Å²) in [5.41, 5.74) is 1.57. The van der Waals surface area contributed by atoms with Gasteiger partial charge in [0.15, 0.2) is 25.5 Å². The van der Waals surface area contributed by atoms with Crippen molar-refractivity contribution in [2.45, 2.75) is 17.9 Å². The first kappa shape index (κ1) is 28.3. The van der Waals surface area contributed by atoms with E-state index in [-0.39, 0.29) is 34.5 Å². The first-order valence-corrected chi connectivity index (χ1v) is 12.2. The Balaban J connectivity index is 0.00000408. The highest BCUT2D eigenvalue weighted by atomic mass is 79.9. The maximum atomic E-state index is 13.3. The Kier molecular flexibility index (Phi) is 10.6. The second-order valence-corrected chi connectivity index (χ2v) is 9.58. The maximum Gasteiger partial charge on any atom is 0.333 e. The summed E-state index contributed by atoms with van der Waals surface area (Å²) in [6, 6.07) is 12.7. The molecule has 0 unspecified atom stereocenters. The van der Waals surface area contributed by atoms with Crippen molar-refractivity contribution >= 4 is 50.9 Å². The number of amides is 1. The highest BCUT2D eigenvalue weighted by Crippen LogP contribution is 2.26. The zero-order valence-electron chi connectivity index (χ0n) is 17.5. The molecule has 1 heterocycles. The highest BCUT2D eigenvalue weighted by Gasteiger charge is 2.18. The molecule has 0 fully saturated rings. The molecule has 3 aromatic rings. The van der Waals surface area contributed by atoms with Crippen LogP contribution in [0.2, 0.25) is 15.1 Å². The fourth-order valence-corrected chi connectivity index (χ4v) is 4.19. The van der Waals surface area contributed by atoms with Crippen LogP contribution in [-0.4, -0.2) is 27.5 Å². The smallest absolute Gasteiger partial charge is 0.333 e. The van der Waals surface area contributed by atoms with E-state index in [1.54, 1.807) is 18.2 Å². The predicted molar refractivity (Wildman–Crippen MR) is 124 cm³/mol. The zero-order valence-corrected chi connectivity index (χ0v) is 22.2. The predicted octanol–water partition coefficient (Wildman–Crippen LogP) is 1.38. The normalized spacial score (nSPS) is 10.9. The third-order valence-electron chi connectivity index (χ3n) is 4.58. The number of carbonyl (C=O) groups excluding carboxylic acids is 1. The highest BCUT2D eigenvalue weighted by molar-refractivity contribution is 7.86. The van der Waals surface area contributed by atoms with Crippen LogP contribution in [0.1, 0.15) is 11.1 Å². The van der Waals surface area contributed by atoms with Crippen molar-refractivity contribution in [2.24, 2.45) is 0 Å². The van der Waals surface area contributed by atoms with Crippen LogP contribution < -0.4 is 31.6 Å². The third-order valence-corrected chi connectivity index (χ3v) is 6.62. The van der Waals surface area contributed by atoms with Gasteiger partial charge in [0, 0.05) is 30.3 Å². The van der Waals surface area contributed by atoms with Gasteiger partial charge in [-0.3, -0.25) is 4.79 Å². The van der Waals surface area contributed by atoms with Gasteiger partial charge < -0.3 is 27.0 Å². The first-order chi connectivity index (χ1) is 15.6. The molecule has 6 nitrogen and oxygen atoms in total. The minimum atomic E-state index is -4.89. The van der Waals surface area contributed by atoms with Crippen LogP contribution in [0.25, 0.3) is 0 Å². The summed E-state index contributed by atoms with van der Waals surface area (Å²) in [5.74, 6) is 0.178. The van der Waals surface area contributed by atoms with Crippen LogP contribution in [0.5, 0.6) is 5.75 Å². The fraction of sp³-hybridized carbons (Fsp3) is 0.182. The summed E-state index contributed by atoms with van der Waals surface area (Å²) in [7, 11) is -4.89. The minimum absolute atomic E-state index is 0. The van der Waals surface area contributed by atoms with E-state index in [0.717, 1.165) is 5.56 Å². The SMILES string of the molecule is O=C(COc1ccc(Cl)c(Cl)c1)NCCc1cc[n+](Cc2ccc(Cl)c(S(=O)(=O)F)c2)cc1.[Br-]. The van der Waals surface area contributed by atoms with Crippen LogP contribution in [0.3, 0.4) is 0 Å². The molecule has 0 radical (unpaired) electrons. The average molecular weight is 613 g/mol. The molecule has 0 aliphatic heterocycles. The zero-order chi connectivity index (χ0) is 24.0. The van der Waals surface area contributed by atoms with Crippen LogP contribution in [0.4, 0.5) is 3.89 Å². The van der Waals surface area contributed by atoms with E-state index in [1.807, 2.05) is 29.1 Å². The lowest BCUT2D eigenvalue weighted by atomic mass is 10.2. The summed E-state index contributed by atoms with van der Waals surface area (Å²) < 4.78 is 42.9. The fourth-order valence-electron chi connectivity index (χ4n) is 2.92. The number of nitrogens with zero attached hydrogens (tertiary/aromatic N) is 1. The van der Waals surface area contributed by atoms with Crippen molar-refractivity contribution in [1.82, 2.24) is 5.32 Å². The number of halogens is 5. The third kappa shape index (κ3) is 8.39. The lowest BCUT2D eigenvalue weighted by Gasteiger charge is -2.08. The number of carbonyl (C=O) groups is 1. The quantitative estimate of drug-likeness (QED) is 0.293. The number of hydrogen-bond acceptors (Lipinski definition) is 4. The molecular formula is C22H19BrCl3FN2O4S. The number of aromatic nitrogens is 1. The largest absolute Gasteiger partial charge is 1.00 e. The van der Waals surface area contributed by atoms with Gasteiger partial charge in [0.2, 0.25) is 0 Å². The Morgan fingerprint density at radius 1 is 0.941 bits per heavy atom. The van der Waals surface area contributed by atoms with Crippen LogP contribution in [-0.2, 0) is 28.0 Å². The molecule has 3 rings (SSSR count). The summed E-state index contributed by atoms with van der Waals surface area (Å²) in [4.78, 5) is 11.4. The topological polar surface area (TPSA) is 76.3 Å². The minimum Gasteiger partial charge on any atom is -1.00 e. The van der Waals surface area contributed by atoms with E-state index in [0.29, 0.717) is 40.9 Å². The van der Waals surface area contributed by atoms with E-state index in [9.17, 15) is 17.1 Å². The Morgan fingerprint density at radius 3 is 2.26 bits per heavy atom. The average Bonchev–Trinajstić information content (AvgIpc) is 2.76. The Labute approximate surface area is 222 Å². The number of benzene rings is 2. The van der Waals surface area contributed by atoms with Crippen molar-refractivity contribution in [3.63, 3.8) is 0 Å². The van der Waals surface area contributed by atoms with E-state index < -0.39 is 15.1 Å². The first-order valence-electron chi connectivity index (χ1n) is 9.67. The second kappa shape index (κ2) is 12.7. The molecule has 2 aromatic carbocycles. The van der Waals surface area contributed by atoms with Gasteiger partial charge >= 0.3 is 10.2 Å². The summed E-state index contributed by atoms with van der Waals surface area (Å²) in [5, 5.41) is 3.36. The van der Waals surface area contributed by atoms with Crippen molar-refractivity contribution < 1.29 is 43.4 Å². The van der Waals surface area contributed by atoms with E-state index in [4.69, 9.17) is 39.5 Å². The Morgan fingerprint density at radius 2 is 1.62 bits per heavy atom. The second-order valence-electron chi connectivity index (χ2n) is 7.05. The van der Waals surface area contributed by atoms with E-state index in [2.05, 4.69) is 5.32 Å². The maximum absolute atomic E-state index is 13.3. The molecule has 34 heavy (non-hydrogen) atoms. The van der Waals surface area contributed by atoms with Crippen molar-refractivity contribution in [2.75, 3.05) is 13.2 Å². The van der Waals surface area contributed by atoms with Crippen molar-refractivity contribution in [3.05, 3.63) is 87.1 Å². The van der Waals surface area contributed by atoms with E-state index in [1.165, 1.54) is 18.2 Å². The number of ether oxygens (including phenoxy) is 1. The van der Waals surface area contributed by atoms with Crippen LogP contribution >= 0.6 is 34.8 Å². The van der Waals surface area contributed by atoms with Gasteiger partial charge in [-0.2, -0.15) is 8.42 Å². The van der Waals surface area contributed by atoms with Gasteiger partial charge in [0.25, 0.3) is 5.91 Å². The molecular weight excluding hydrogens is 594 g/mol. The molecule has 0 saturated carbocycles. The molecule has 1 amide bonds. The molecule has 1 N–H and O–H groups in total. The summed E-state index contributed by atoms with van der Waals surface area (Å²) >= 11 is 17.5. The van der Waals surface area contributed by atoms with Gasteiger partial charge in [-0.15, -0.1) is 3.89 Å². The van der Waals surface area contributed by atoms with E-state index >= 15 is 0 Å². The Hall–Kier alpha value is -1.91. The number of hydrogen-bond donors (Lipinski definition) is 1. The number of rotatable bonds is 9. The lowest BCUT2D eigenvalue weighted by Crippen LogP contribution is -3.00. The number of pyridine rings is 1. The van der Waals surface area contributed by atoms with Crippen LogP contribution in [0.15, 0.2) is 65.8 Å². The van der Waals surface area contributed by atoms with Gasteiger partial charge in [-0.05, 0) is 36.2 Å². The molecule has 0 spiro atoms. The summed E-state index contributed by atoms with van der Waals surface area (Å²) in [6.07, 6.45) is 4.22. The van der Waals surface area contributed by atoms with Gasteiger partial charge in [0.05, 0.1) is 15.1 Å². The lowest BCUT2D eigenvalue weighted by molar-refractivity contribution is -0.688. The molecule has 1 aromatic heterocycles. The standard InChI is InChI=1S/C22H18Cl3FN2O4S.BrH/c23-18-4-2-17(12-20(18)25)32-14-22(29)27-8-5-15-6-9-28(10-7-15)13-16-1-3-19(24)21(11-16)33(26,30)31;/h1-4,6-7,9-12H,5,8,13-14H2;1H. The number of nitrogens with one attached hydrogen (secondary N) is 1. The summed E-state index contributed by atoms with van der Waals surface area (Å²) in [6.45, 7) is 0.607. The molecule has 182 valence electrons. The van der Waals surface area contributed by atoms with Gasteiger partial charge in [0.1, 0.15) is 10.6 Å². The van der Waals surface area contributed by atoms with Gasteiger partial charge in [-0.25, -0.2) is 4.57 Å². The molecule has 0 aliphatic carbocycles. The monoisotopic (exact) mass is 610 g/mol. The van der Waals surface area contributed by atoms with Crippen molar-refractivity contribution in [3.8, 4) is 5.75 Å². The molecule has 0 atom stereocenters. The Bertz CT molecular complexity index is 1260. The van der Waals surface area contributed by atoms with Gasteiger partial charge in [-0.1, -0.05) is 40.9 Å². The van der Waals surface area contributed by atoms with Crippen LogP contribution in [0, 0.1) is 0 Å². The van der Waals surface area contributed by atoms with Crippen molar-refractivity contribution in [1.29, 1.82) is 0 Å². The molecule has 0 aliphatic rings. The molecule has 0 saturated heterocycles.